The Morgan fingerprint density at radius 1 is 1.52 bits per heavy atom. The van der Waals surface area contributed by atoms with E-state index in [1.807, 2.05) is 0 Å². The van der Waals surface area contributed by atoms with Crippen LogP contribution in [-0.2, 0) is 14.8 Å². The first-order valence-electron chi connectivity index (χ1n) is 6.18. The number of hydrogen-bond acceptors (Lipinski definition) is 4. The van der Waals surface area contributed by atoms with Crippen LogP contribution in [-0.4, -0.2) is 25.5 Å². The maximum atomic E-state index is 12.3. The Labute approximate surface area is 128 Å². The van der Waals surface area contributed by atoms with Crippen molar-refractivity contribution in [2.24, 2.45) is 5.92 Å². The molecule has 0 aliphatic carbocycles. The number of rotatable bonds is 6. The molecule has 0 fully saturated rings. The minimum absolute atomic E-state index is 0.00390. The van der Waals surface area contributed by atoms with Crippen LogP contribution in [0.2, 0.25) is 5.02 Å². The van der Waals surface area contributed by atoms with Crippen LogP contribution in [0.3, 0.4) is 0 Å². The molecule has 1 rings (SSSR count). The van der Waals surface area contributed by atoms with E-state index in [-0.39, 0.29) is 15.5 Å². The summed E-state index contributed by atoms with van der Waals surface area (Å²) in [6.07, 6.45) is 0.486. The third-order valence-electron chi connectivity index (χ3n) is 3.14. The summed E-state index contributed by atoms with van der Waals surface area (Å²) in [5, 5.41) is 18.2. The third-order valence-corrected chi connectivity index (χ3v) is 4.94. The second kappa shape index (κ2) is 6.89. The fraction of sp³-hybridized carbons (Fsp3) is 0.385. The van der Waals surface area contributed by atoms with Crippen LogP contribution >= 0.6 is 11.6 Å². The molecule has 0 radical (unpaired) electrons. The lowest BCUT2D eigenvalue weighted by Crippen LogP contribution is -2.45. The fourth-order valence-electron chi connectivity index (χ4n) is 1.71. The molecule has 21 heavy (non-hydrogen) atoms. The summed E-state index contributed by atoms with van der Waals surface area (Å²) < 4.78 is 26.8. The summed E-state index contributed by atoms with van der Waals surface area (Å²) in [7, 11) is -4.16. The summed E-state index contributed by atoms with van der Waals surface area (Å²) in [4.78, 5) is 10.9. The number of halogens is 1. The molecule has 0 aliphatic rings. The third kappa shape index (κ3) is 3.94. The first-order chi connectivity index (χ1) is 9.74. The molecule has 0 saturated carbocycles. The van der Waals surface area contributed by atoms with Crippen molar-refractivity contribution in [3.8, 4) is 6.07 Å². The van der Waals surface area contributed by atoms with E-state index in [0.29, 0.717) is 6.42 Å². The Balaban J connectivity index is 3.27. The Bertz CT molecular complexity index is 682. The normalized spacial score (nSPS) is 14.2. The van der Waals surface area contributed by atoms with Crippen molar-refractivity contribution in [1.82, 2.24) is 4.72 Å². The molecule has 0 spiro atoms. The zero-order valence-electron chi connectivity index (χ0n) is 11.5. The standard InChI is InChI=1S/C13H15ClN2O4S/c1-3-8(2)12(13(17)18)16-21(19,20)11-6-4-5-10(14)9(11)7-15/h4-6,8,12,16H,3H2,1-2H3,(H,17,18)/t8-,12-/m0/s1. The largest absolute Gasteiger partial charge is 0.480 e. The first-order valence-corrected chi connectivity index (χ1v) is 8.04. The van der Waals surface area contributed by atoms with E-state index in [1.54, 1.807) is 19.9 Å². The molecule has 0 heterocycles. The number of nitrogens with zero attached hydrogens (tertiary/aromatic N) is 1. The average molecular weight is 331 g/mol. The van der Waals surface area contributed by atoms with E-state index < -0.39 is 28.0 Å². The lowest BCUT2D eigenvalue weighted by Gasteiger charge is -2.20. The van der Waals surface area contributed by atoms with Crippen molar-refractivity contribution in [3.63, 3.8) is 0 Å². The van der Waals surface area contributed by atoms with Gasteiger partial charge in [0.15, 0.2) is 0 Å². The predicted octanol–water partition coefficient (Wildman–Crippen LogP) is 1.99. The van der Waals surface area contributed by atoms with Crippen LogP contribution < -0.4 is 4.72 Å². The lowest BCUT2D eigenvalue weighted by atomic mass is 10.0. The van der Waals surface area contributed by atoms with Gasteiger partial charge in [0.1, 0.15) is 17.0 Å². The van der Waals surface area contributed by atoms with Gasteiger partial charge in [-0.2, -0.15) is 9.98 Å². The molecule has 0 aromatic heterocycles. The highest BCUT2D eigenvalue weighted by atomic mass is 35.5. The highest BCUT2D eigenvalue weighted by Crippen LogP contribution is 2.23. The van der Waals surface area contributed by atoms with E-state index in [4.69, 9.17) is 22.0 Å². The molecule has 2 N–H and O–H groups in total. The first kappa shape index (κ1) is 17.4. The van der Waals surface area contributed by atoms with Gasteiger partial charge in [-0.25, -0.2) is 8.42 Å². The second-order valence-corrected chi connectivity index (χ2v) is 6.64. The Hall–Kier alpha value is -1.62. The van der Waals surface area contributed by atoms with E-state index in [9.17, 15) is 13.2 Å². The van der Waals surface area contributed by atoms with E-state index in [0.717, 1.165) is 0 Å². The molecular weight excluding hydrogens is 316 g/mol. The number of nitrogens with one attached hydrogen (secondary N) is 1. The smallest absolute Gasteiger partial charge is 0.322 e. The summed E-state index contributed by atoms with van der Waals surface area (Å²) in [6.45, 7) is 3.39. The van der Waals surface area contributed by atoms with Crippen molar-refractivity contribution in [2.45, 2.75) is 31.2 Å². The molecular formula is C13H15ClN2O4S. The molecule has 0 unspecified atom stereocenters. The van der Waals surface area contributed by atoms with Crippen molar-refractivity contribution in [1.29, 1.82) is 5.26 Å². The van der Waals surface area contributed by atoms with Crippen molar-refractivity contribution in [3.05, 3.63) is 28.8 Å². The van der Waals surface area contributed by atoms with Crippen LogP contribution in [0.5, 0.6) is 0 Å². The molecule has 0 bridgehead atoms. The van der Waals surface area contributed by atoms with Gasteiger partial charge < -0.3 is 5.11 Å². The topological polar surface area (TPSA) is 107 Å². The second-order valence-electron chi connectivity index (χ2n) is 4.55. The molecule has 0 amide bonds. The zero-order chi connectivity index (χ0) is 16.2. The van der Waals surface area contributed by atoms with Gasteiger partial charge in [-0.1, -0.05) is 37.9 Å². The summed E-state index contributed by atoms with van der Waals surface area (Å²) in [5.41, 5.74) is -0.208. The van der Waals surface area contributed by atoms with E-state index >= 15 is 0 Å². The lowest BCUT2D eigenvalue weighted by molar-refractivity contribution is -0.140. The van der Waals surface area contributed by atoms with Crippen molar-refractivity contribution in [2.75, 3.05) is 0 Å². The van der Waals surface area contributed by atoms with E-state index in [1.165, 1.54) is 18.2 Å². The number of aliphatic carboxylic acids is 1. The van der Waals surface area contributed by atoms with Crippen LogP contribution in [0.1, 0.15) is 25.8 Å². The highest BCUT2D eigenvalue weighted by molar-refractivity contribution is 7.89. The van der Waals surface area contributed by atoms with Crippen LogP contribution in [0.4, 0.5) is 0 Å². The summed E-state index contributed by atoms with van der Waals surface area (Å²) >= 11 is 5.79. The number of carbonyl (C=O) groups is 1. The number of carboxylic acid groups (broad SMARTS) is 1. The molecule has 6 nitrogen and oxygen atoms in total. The maximum Gasteiger partial charge on any atom is 0.322 e. The number of sulfonamides is 1. The van der Waals surface area contributed by atoms with Gasteiger partial charge in [0.05, 0.1) is 10.6 Å². The van der Waals surface area contributed by atoms with Gasteiger partial charge in [0.25, 0.3) is 0 Å². The van der Waals surface area contributed by atoms with Gasteiger partial charge in [-0.3, -0.25) is 4.79 Å². The molecule has 0 saturated heterocycles. The van der Waals surface area contributed by atoms with Crippen molar-refractivity contribution >= 4 is 27.6 Å². The quantitative estimate of drug-likeness (QED) is 0.829. The maximum absolute atomic E-state index is 12.3. The number of carboxylic acids is 1. The highest BCUT2D eigenvalue weighted by Gasteiger charge is 2.31. The molecule has 1 aromatic carbocycles. The SMILES string of the molecule is CC[C@H](C)[C@H](NS(=O)(=O)c1cccc(Cl)c1C#N)C(=O)O. The van der Waals surface area contributed by atoms with Crippen LogP contribution in [0.25, 0.3) is 0 Å². The van der Waals surface area contributed by atoms with Crippen LogP contribution in [0.15, 0.2) is 23.1 Å². The molecule has 8 heteroatoms. The van der Waals surface area contributed by atoms with Gasteiger partial charge in [0.2, 0.25) is 10.0 Å². The monoisotopic (exact) mass is 330 g/mol. The fourth-order valence-corrected chi connectivity index (χ4v) is 3.46. The number of nitriles is 1. The van der Waals surface area contributed by atoms with Gasteiger partial charge in [-0.05, 0) is 18.1 Å². The van der Waals surface area contributed by atoms with Gasteiger partial charge in [-0.15, -0.1) is 0 Å². The van der Waals surface area contributed by atoms with Crippen molar-refractivity contribution < 1.29 is 18.3 Å². The van der Waals surface area contributed by atoms with Gasteiger partial charge >= 0.3 is 5.97 Å². The van der Waals surface area contributed by atoms with E-state index in [2.05, 4.69) is 4.72 Å². The minimum Gasteiger partial charge on any atom is -0.480 e. The molecule has 2 atom stereocenters. The summed E-state index contributed by atoms with van der Waals surface area (Å²) in [6, 6.07) is 4.43. The number of hydrogen-bond donors (Lipinski definition) is 2. The number of benzene rings is 1. The minimum atomic E-state index is -4.16. The Morgan fingerprint density at radius 2 is 2.14 bits per heavy atom. The molecule has 0 aliphatic heterocycles. The molecule has 1 aromatic rings. The van der Waals surface area contributed by atoms with Crippen LogP contribution in [0, 0.1) is 17.2 Å². The average Bonchev–Trinajstić information content (AvgIpc) is 2.43. The Kier molecular flexibility index (Phi) is 5.72. The van der Waals surface area contributed by atoms with Gasteiger partial charge in [0, 0.05) is 0 Å². The Morgan fingerprint density at radius 3 is 2.62 bits per heavy atom. The predicted molar refractivity (Wildman–Crippen MR) is 77.4 cm³/mol. The molecule has 114 valence electrons. The zero-order valence-corrected chi connectivity index (χ0v) is 13.1. The summed E-state index contributed by atoms with van der Waals surface area (Å²) in [5.74, 6) is -1.67.